The van der Waals surface area contributed by atoms with E-state index in [0.29, 0.717) is 0 Å². The van der Waals surface area contributed by atoms with E-state index < -0.39 is 0 Å². The zero-order valence-electron chi connectivity index (χ0n) is 16.2. The van der Waals surface area contributed by atoms with Crippen LogP contribution >= 0.6 is 0 Å². The summed E-state index contributed by atoms with van der Waals surface area (Å²) < 4.78 is 0. The second kappa shape index (κ2) is 9.01. The molecule has 0 radical (unpaired) electrons. The molecular weight excluding hydrogens is 344 g/mol. The minimum absolute atomic E-state index is 0.0334. The molecule has 3 aromatic carbocycles. The highest BCUT2D eigenvalue weighted by atomic mass is 16.3. The number of ketones is 1. The van der Waals surface area contributed by atoms with Crippen molar-refractivity contribution >= 4 is 23.0 Å². The number of aromatic hydroxyl groups is 1. The smallest absolute Gasteiger partial charge is 0.152 e. The number of hydrogen-bond donors (Lipinski definition) is 1. The van der Waals surface area contributed by atoms with Crippen LogP contribution in [0.2, 0.25) is 0 Å². The van der Waals surface area contributed by atoms with Crippen molar-refractivity contribution in [1.29, 1.82) is 0 Å². The first-order valence-corrected chi connectivity index (χ1v) is 9.45. The zero-order chi connectivity index (χ0) is 19.9. The molecule has 28 heavy (non-hydrogen) atoms. The van der Waals surface area contributed by atoms with Gasteiger partial charge in [-0.3, -0.25) is 4.79 Å². The molecule has 0 atom stereocenters. The maximum atomic E-state index is 11.2. The van der Waals surface area contributed by atoms with Crippen LogP contribution in [0.5, 0.6) is 5.75 Å². The van der Waals surface area contributed by atoms with E-state index in [9.17, 15) is 9.90 Å². The van der Waals surface area contributed by atoms with Crippen molar-refractivity contribution in [2.45, 2.75) is 20.3 Å². The SMILES string of the molecule is CC/C(=C(\c1ccc(O)cc1)c1ccc(/C=C/C(C)=O)cc1)c1ccccc1. The van der Waals surface area contributed by atoms with Gasteiger partial charge in [-0.25, -0.2) is 0 Å². The van der Waals surface area contributed by atoms with Gasteiger partial charge in [-0.05, 0) is 65.0 Å². The van der Waals surface area contributed by atoms with Gasteiger partial charge in [-0.15, -0.1) is 0 Å². The maximum absolute atomic E-state index is 11.2. The Morgan fingerprint density at radius 1 is 0.821 bits per heavy atom. The van der Waals surface area contributed by atoms with Gasteiger partial charge in [0.1, 0.15) is 5.75 Å². The van der Waals surface area contributed by atoms with E-state index in [1.54, 1.807) is 25.1 Å². The molecule has 3 aromatic rings. The van der Waals surface area contributed by atoms with Crippen molar-refractivity contribution in [3.05, 3.63) is 107 Å². The van der Waals surface area contributed by atoms with Crippen LogP contribution in [0.15, 0.2) is 84.9 Å². The minimum atomic E-state index is 0.0334. The Kier molecular flexibility index (Phi) is 6.23. The van der Waals surface area contributed by atoms with E-state index in [4.69, 9.17) is 0 Å². The Bertz CT molecular complexity index is 993. The van der Waals surface area contributed by atoms with Gasteiger partial charge >= 0.3 is 0 Å². The second-order valence-corrected chi connectivity index (χ2v) is 6.69. The highest BCUT2D eigenvalue weighted by molar-refractivity contribution is 5.98. The number of rotatable bonds is 6. The first-order valence-electron chi connectivity index (χ1n) is 9.45. The summed E-state index contributed by atoms with van der Waals surface area (Å²) in [7, 11) is 0. The third kappa shape index (κ3) is 4.66. The summed E-state index contributed by atoms with van der Waals surface area (Å²) >= 11 is 0. The van der Waals surface area contributed by atoms with Crippen molar-refractivity contribution in [3.63, 3.8) is 0 Å². The first-order chi connectivity index (χ1) is 13.6. The molecule has 140 valence electrons. The van der Waals surface area contributed by atoms with Crippen LogP contribution in [0.25, 0.3) is 17.2 Å². The predicted octanol–water partition coefficient (Wildman–Crippen LogP) is 6.36. The van der Waals surface area contributed by atoms with Crippen molar-refractivity contribution in [2.24, 2.45) is 0 Å². The summed E-state index contributed by atoms with van der Waals surface area (Å²) in [4.78, 5) is 11.2. The second-order valence-electron chi connectivity index (χ2n) is 6.69. The molecule has 0 heterocycles. The fourth-order valence-corrected chi connectivity index (χ4v) is 3.28. The van der Waals surface area contributed by atoms with Gasteiger partial charge in [0.05, 0.1) is 0 Å². The lowest BCUT2D eigenvalue weighted by atomic mass is 9.88. The van der Waals surface area contributed by atoms with Crippen LogP contribution in [-0.4, -0.2) is 10.9 Å². The number of carbonyl (C=O) groups excluding carboxylic acids is 1. The number of phenols is 1. The monoisotopic (exact) mass is 368 g/mol. The van der Waals surface area contributed by atoms with E-state index in [0.717, 1.165) is 28.7 Å². The molecule has 0 bridgehead atoms. The molecule has 0 aliphatic heterocycles. The van der Waals surface area contributed by atoms with Crippen molar-refractivity contribution < 1.29 is 9.90 Å². The van der Waals surface area contributed by atoms with Crippen molar-refractivity contribution in [3.8, 4) is 5.75 Å². The quantitative estimate of drug-likeness (QED) is 0.406. The van der Waals surface area contributed by atoms with Crippen LogP contribution in [0.3, 0.4) is 0 Å². The molecule has 0 aliphatic rings. The summed E-state index contributed by atoms with van der Waals surface area (Å²) in [5.41, 5.74) is 6.74. The third-order valence-electron chi connectivity index (χ3n) is 4.64. The largest absolute Gasteiger partial charge is 0.508 e. The zero-order valence-corrected chi connectivity index (χ0v) is 16.2. The van der Waals surface area contributed by atoms with E-state index >= 15 is 0 Å². The lowest BCUT2D eigenvalue weighted by molar-refractivity contribution is -0.112. The molecule has 0 fully saturated rings. The molecule has 0 amide bonds. The molecule has 2 nitrogen and oxygen atoms in total. The van der Waals surface area contributed by atoms with Gasteiger partial charge in [0, 0.05) is 0 Å². The van der Waals surface area contributed by atoms with Crippen LogP contribution < -0.4 is 0 Å². The number of carbonyl (C=O) groups is 1. The van der Waals surface area contributed by atoms with Crippen LogP contribution in [0, 0.1) is 0 Å². The van der Waals surface area contributed by atoms with Crippen LogP contribution in [0.1, 0.15) is 42.5 Å². The normalized spacial score (nSPS) is 12.1. The Labute approximate surface area is 166 Å². The molecule has 0 unspecified atom stereocenters. The standard InChI is InChI=1S/C26H24O2/c1-3-25(21-7-5-4-6-8-21)26(23-15-17-24(28)18-16-23)22-13-11-20(12-14-22)10-9-19(2)27/h4-18,28H,3H2,1-2H3/b10-9+,26-25+. The molecule has 0 aliphatic carbocycles. The van der Waals surface area contributed by atoms with E-state index in [1.165, 1.54) is 11.1 Å². The van der Waals surface area contributed by atoms with Gasteiger partial charge in [-0.1, -0.05) is 79.7 Å². The van der Waals surface area contributed by atoms with E-state index in [2.05, 4.69) is 43.3 Å². The van der Waals surface area contributed by atoms with Gasteiger partial charge in [0.15, 0.2) is 5.78 Å². The molecule has 0 aromatic heterocycles. The summed E-state index contributed by atoms with van der Waals surface area (Å²) in [6.07, 6.45) is 4.29. The van der Waals surface area contributed by atoms with Crippen molar-refractivity contribution in [2.75, 3.05) is 0 Å². The predicted molar refractivity (Wildman–Crippen MR) is 117 cm³/mol. The molecular formula is C26H24O2. The van der Waals surface area contributed by atoms with Gasteiger partial charge in [0.25, 0.3) is 0 Å². The Balaban J connectivity index is 2.15. The van der Waals surface area contributed by atoms with E-state index in [1.807, 2.05) is 36.4 Å². The Hall–Kier alpha value is -3.39. The van der Waals surface area contributed by atoms with Gasteiger partial charge < -0.3 is 5.11 Å². The topological polar surface area (TPSA) is 37.3 Å². The summed E-state index contributed by atoms with van der Waals surface area (Å²) in [6.45, 7) is 3.70. The molecule has 0 saturated carbocycles. The Morgan fingerprint density at radius 2 is 1.39 bits per heavy atom. The summed E-state index contributed by atoms with van der Waals surface area (Å²) in [5.74, 6) is 0.289. The third-order valence-corrected chi connectivity index (χ3v) is 4.64. The molecule has 2 heteroatoms. The summed E-state index contributed by atoms with van der Waals surface area (Å²) in [5, 5.41) is 9.71. The minimum Gasteiger partial charge on any atom is -0.508 e. The fraction of sp³-hybridized carbons (Fsp3) is 0.115. The summed E-state index contributed by atoms with van der Waals surface area (Å²) in [6, 6.07) is 25.9. The highest BCUT2D eigenvalue weighted by Gasteiger charge is 2.13. The van der Waals surface area contributed by atoms with Gasteiger partial charge in [-0.2, -0.15) is 0 Å². The average molecular weight is 368 g/mol. The number of allylic oxidation sites excluding steroid dienone is 2. The lowest BCUT2D eigenvalue weighted by Gasteiger charge is -2.16. The highest BCUT2D eigenvalue weighted by Crippen LogP contribution is 2.35. The fourth-order valence-electron chi connectivity index (χ4n) is 3.28. The lowest BCUT2D eigenvalue weighted by Crippen LogP contribution is -1.95. The van der Waals surface area contributed by atoms with Crippen LogP contribution in [-0.2, 0) is 4.79 Å². The molecule has 1 N–H and O–H groups in total. The molecule has 3 rings (SSSR count). The van der Waals surface area contributed by atoms with Crippen molar-refractivity contribution in [1.82, 2.24) is 0 Å². The number of hydrogen-bond acceptors (Lipinski definition) is 2. The maximum Gasteiger partial charge on any atom is 0.152 e. The number of phenolic OH excluding ortho intramolecular Hbond substituents is 1. The molecule has 0 saturated heterocycles. The average Bonchev–Trinajstić information content (AvgIpc) is 2.72. The Morgan fingerprint density at radius 3 is 1.93 bits per heavy atom. The van der Waals surface area contributed by atoms with E-state index in [-0.39, 0.29) is 11.5 Å². The van der Waals surface area contributed by atoms with Crippen LogP contribution in [0.4, 0.5) is 0 Å². The molecule has 0 spiro atoms. The van der Waals surface area contributed by atoms with Gasteiger partial charge in [0.2, 0.25) is 0 Å². The number of benzene rings is 3. The first kappa shape index (κ1) is 19.4.